The average Bonchev–Trinajstić information content (AvgIpc) is 2.97. The molecule has 0 aliphatic carbocycles. The van der Waals surface area contributed by atoms with Crippen LogP contribution in [0.5, 0.6) is 0 Å². The number of nitrogens with zero attached hydrogens (tertiary/aromatic N) is 1. The third-order valence-electron chi connectivity index (χ3n) is 4.76. The standard InChI is InChI=1S/C18H29N3/c1-15(14-21-10-3-2-4-11-21)12-19-13-17-7-5-6-16-8-9-20-18(16)17/h5-7,15,19-20H,2-4,8-14H2,1H3. The van der Waals surface area contributed by atoms with Crippen molar-refractivity contribution in [2.45, 2.75) is 39.2 Å². The lowest BCUT2D eigenvalue weighted by atomic mass is 10.1. The van der Waals surface area contributed by atoms with E-state index in [4.69, 9.17) is 0 Å². The van der Waals surface area contributed by atoms with Crippen LogP contribution in [0.2, 0.25) is 0 Å². The molecule has 21 heavy (non-hydrogen) atoms. The Labute approximate surface area is 129 Å². The number of benzene rings is 1. The van der Waals surface area contributed by atoms with Gasteiger partial charge in [0.25, 0.3) is 0 Å². The lowest BCUT2D eigenvalue weighted by Crippen LogP contribution is -2.36. The molecule has 2 aliphatic rings. The van der Waals surface area contributed by atoms with E-state index >= 15 is 0 Å². The summed E-state index contributed by atoms with van der Waals surface area (Å²) < 4.78 is 0. The van der Waals surface area contributed by atoms with Crippen LogP contribution < -0.4 is 10.6 Å². The zero-order chi connectivity index (χ0) is 14.5. The van der Waals surface area contributed by atoms with E-state index in [1.165, 1.54) is 62.1 Å². The van der Waals surface area contributed by atoms with Gasteiger partial charge >= 0.3 is 0 Å². The second kappa shape index (κ2) is 7.28. The summed E-state index contributed by atoms with van der Waals surface area (Å²) in [5.41, 5.74) is 4.29. The molecule has 0 saturated carbocycles. The molecule has 0 bridgehead atoms. The minimum Gasteiger partial charge on any atom is -0.384 e. The van der Waals surface area contributed by atoms with Gasteiger partial charge in [-0.05, 0) is 55.9 Å². The van der Waals surface area contributed by atoms with Crippen molar-refractivity contribution in [1.29, 1.82) is 0 Å². The number of likely N-dealkylation sites (tertiary alicyclic amines) is 1. The molecule has 0 aromatic heterocycles. The van der Waals surface area contributed by atoms with Crippen molar-refractivity contribution in [3.8, 4) is 0 Å². The Balaban J connectivity index is 1.42. The highest BCUT2D eigenvalue weighted by atomic mass is 15.1. The summed E-state index contributed by atoms with van der Waals surface area (Å²) in [6, 6.07) is 6.69. The first-order valence-electron chi connectivity index (χ1n) is 8.60. The molecular weight excluding hydrogens is 258 g/mol. The zero-order valence-electron chi connectivity index (χ0n) is 13.3. The molecule has 2 aliphatic heterocycles. The Morgan fingerprint density at radius 1 is 1.24 bits per heavy atom. The fourth-order valence-corrected chi connectivity index (χ4v) is 3.66. The predicted molar refractivity (Wildman–Crippen MR) is 89.8 cm³/mol. The first-order valence-corrected chi connectivity index (χ1v) is 8.60. The van der Waals surface area contributed by atoms with Gasteiger partial charge in [-0.1, -0.05) is 31.5 Å². The predicted octanol–water partition coefficient (Wildman–Crippen LogP) is 2.87. The van der Waals surface area contributed by atoms with Crippen LogP contribution in [0.4, 0.5) is 5.69 Å². The second-order valence-electron chi connectivity index (χ2n) is 6.73. The van der Waals surface area contributed by atoms with Crippen LogP contribution in [0, 0.1) is 5.92 Å². The fourth-order valence-electron chi connectivity index (χ4n) is 3.66. The van der Waals surface area contributed by atoms with Gasteiger partial charge in [0.05, 0.1) is 0 Å². The van der Waals surface area contributed by atoms with E-state index in [1.54, 1.807) is 0 Å². The van der Waals surface area contributed by atoms with E-state index in [1.807, 2.05) is 0 Å². The molecule has 1 aromatic carbocycles. The van der Waals surface area contributed by atoms with Crippen LogP contribution in [0.3, 0.4) is 0 Å². The molecule has 1 fully saturated rings. The van der Waals surface area contributed by atoms with Gasteiger partial charge < -0.3 is 15.5 Å². The number of para-hydroxylation sites is 1. The summed E-state index contributed by atoms with van der Waals surface area (Å²) in [5.74, 6) is 0.729. The molecule has 3 nitrogen and oxygen atoms in total. The third-order valence-corrected chi connectivity index (χ3v) is 4.76. The second-order valence-corrected chi connectivity index (χ2v) is 6.73. The van der Waals surface area contributed by atoms with Gasteiger partial charge in [-0.15, -0.1) is 0 Å². The van der Waals surface area contributed by atoms with Crippen LogP contribution in [0.25, 0.3) is 0 Å². The summed E-state index contributed by atoms with van der Waals surface area (Å²) >= 11 is 0. The Hall–Kier alpha value is -1.06. The van der Waals surface area contributed by atoms with Crippen LogP contribution in [0.1, 0.15) is 37.3 Å². The number of hydrogen-bond donors (Lipinski definition) is 2. The van der Waals surface area contributed by atoms with E-state index in [2.05, 4.69) is 40.7 Å². The van der Waals surface area contributed by atoms with Crippen molar-refractivity contribution < 1.29 is 0 Å². The van der Waals surface area contributed by atoms with Gasteiger partial charge in [-0.2, -0.15) is 0 Å². The van der Waals surface area contributed by atoms with Gasteiger partial charge in [0.15, 0.2) is 0 Å². The van der Waals surface area contributed by atoms with Gasteiger partial charge in [-0.25, -0.2) is 0 Å². The van der Waals surface area contributed by atoms with Crippen LogP contribution >= 0.6 is 0 Å². The number of hydrogen-bond acceptors (Lipinski definition) is 3. The normalized spacial score (nSPS) is 20.0. The minimum absolute atomic E-state index is 0.729. The molecule has 1 atom stereocenters. The van der Waals surface area contributed by atoms with Gasteiger partial charge in [0, 0.05) is 25.3 Å². The summed E-state index contributed by atoms with van der Waals surface area (Å²) in [6.07, 6.45) is 5.38. The average molecular weight is 287 g/mol. The molecule has 0 amide bonds. The molecule has 1 unspecified atom stereocenters. The number of nitrogens with one attached hydrogen (secondary N) is 2. The molecule has 1 aromatic rings. The Morgan fingerprint density at radius 2 is 2.10 bits per heavy atom. The molecule has 116 valence electrons. The van der Waals surface area contributed by atoms with Crippen LogP contribution in [-0.2, 0) is 13.0 Å². The summed E-state index contributed by atoms with van der Waals surface area (Å²) in [7, 11) is 0. The minimum atomic E-state index is 0.729. The fraction of sp³-hybridized carbons (Fsp3) is 0.667. The summed E-state index contributed by atoms with van der Waals surface area (Å²) in [4.78, 5) is 2.64. The van der Waals surface area contributed by atoms with E-state index < -0.39 is 0 Å². The molecule has 3 rings (SSSR count). The number of anilines is 1. The van der Waals surface area contributed by atoms with Crippen molar-refractivity contribution >= 4 is 5.69 Å². The highest BCUT2D eigenvalue weighted by Crippen LogP contribution is 2.26. The van der Waals surface area contributed by atoms with Crippen molar-refractivity contribution in [2.75, 3.05) is 38.0 Å². The van der Waals surface area contributed by atoms with E-state index in [-0.39, 0.29) is 0 Å². The van der Waals surface area contributed by atoms with Crippen molar-refractivity contribution in [3.63, 3.8) is 0 Å². The summed E-state index contributed by atoms with van der Waals surface area (Å²) in [6.45, 7) is 9.42. The zero-order valence-corrected chi connectivity index (χ0v) is 13.3. The van der Waals surface area contributed by atoms with E-state index in [9.17, 15) is 0 Å². The van der Waals surface area contributed by atoms with E-state index in [0.717, 1.165) is 25.6 Å². The number of fused-ring (bicyclic) bond motifs is 1. The monoisotopic (exact) mass is 287 g/mol. The smallest absolute Gasteiger partial charge is 0.0419 e. The maximum Gasteiger partial charge on any atom is 0.0419 e. The Morgan fingerprint density at radius 3 is 2.95 bits per heavy atom. The van der Waals surface area contributed by atoms with Crippen molar-refractivity contribution in [1.82, 2.24) is 10.2 Å². The van der Waals surface area contributed by atoms with Gasteiger partial charge in [0.2, 0.25) is 0 Å². The molecule has 3 heteroatoms. The van der Waals surface area contributed by atoms with Gasteiger partial charge in [-0.3, -0.25) is 0 Å². The molecule has 0 radical (unpaired) electrons. The Bertz CT molecular complexity index is 452. The Kier molecular flexibility index (Phi) is 5.15. The van der Waals surface area contributed by atoms with Crippen molar-refractivity contribution in [3.05, 3.63) is 29.3 Å². The lowest BCUT2D eigenvalue weighted by molar-refractivity contribution is 0.199. The highest BCUT2D eigenvalue weighted by molar-refractivity contribution is 5.61. The number of piperidine rings is 1. The molecule has 0 spiro atoms. The summed E-state index contributed by atoms with van der Waals surface area (Å²) in [5, 5.41) is 7.18. The topological polar surface area (TPSA) is 27.3 Å². The van der Waals surface area contributed by atoms with Crippen LogP contribution in [-0.4, -0.2) is 37.6 Å². The van der Waals surface area contributed by atoms with Gasteiger partial charge in [0.1, 0.15) is 0 Å². The highest BCUT2D eigenvalue weighted by Gasteiger charge is 2.15. The molecule has 2 heterocycles. The largest absolute Gasteiger partial charge is 0.384 e. The third kappa shape index (κ3) is 3.98. The van der Waals surface area contributed by atoms with E-state index in [0.29, 0.717) is 0 Å². The number of rotatable bonds is 6. The molecule has 2 N–H and O–H groups in total. The first kappa shape index (κ1) is 14.9. The maximum absolute atomic E-state index is 3.65. The lowest BCUT2D eigenvalue weighted by Gasteiger charge is -2.29. The van der Waals surface area contributed by atoms with Crippen molar-refractivity contribution in [2.24, 2.45) is 5.92 Å². The maximum atomic E-state index is 3.65. The van der Waals surface area contributed by atoms with Crippen LogP contribution in [0.15, 0.2) is 18.2 Å². The molecule has 1 saturated heterocycles. The molecular formula is C18H29N3. The first-order chi connectivity index (χ1) is 10.3. The quantitative estimate of drug-likeness (QED) is 0.842. The SMILES string of the molecule is CC(CNCc1cccc2c1NCC2)CN1CCCCC1.